The van der Waals surface area contributed by atoms with Crippen LogP contribution in [-0.2, 0) is 19.6 Å². The van der Waals surface area contributed by atoms with E-state index in [4.69, 9.17) is 16.3 Å². The Morgan fingerprint density at radius 1 is 0.844 bits per heavy atom. The highest BCUT2D eigenvalue weighted by Crippen LogP contribution is 2.32. The molecule has 162 valence electrons. The molecule has 0 amide bonds. The van der Waals surface area contributed by atoms with E-state index in [1.807, 2.05) is 48.5 Å². The summed E-state index contributed by atoms with van der Waals surface area (Å²) in [5, 5.41) is 0.835. The Morgan fingerprint density at radius 3 is 2.38 bits per heavy atom. The number of halogens is 1. The predicted octanol–water partition coefficient (Wildman–Crippen LogP) is 6.10. The van der Waals surface area contributed by atoms with Gasteiger partial charge in [-0.1, -0.05) is 53.8 Å². The third-order valence-electron chi connectivity index (χ3n) is 6.11. The molecule has 0 spiro atoms. The maximum atomic E-state index is 6.63. The second kappa shape index (κ2) is 9.79. The molecular weight excluding hydrogens is 416 g/mol. The van der Waals surface area contributed by atoms with Gasteiger partial charge in [0.15, 0.2) is 0 Å². The van der Waals surface area contributed by atoms with Crippen molar-refractivity contribution < 1.29 is 4.74 Å². The predicted molar refractivity (Wildman–Crippen MR) is 130 cm³/mol. The van der Waals surface area contributed by atoms with Crippen molar-refractivity contribution in [1.29, 1.82) is 0 Å². The van der Waals surface area contributed by atoms with E-state index < -0.39 is 0 Å². The molecule has 0 N–H and O–H groups in total. The average molecular weight is 443 g/mol. The van der Waals surface area contributed by atoms with Crippen molar-refractivity contribution in [2.24, 2.45) is 0 Å². The van der Waals surface area contributed by atoms with Crippen LogP contribution >= 0.6 is 11.6 Å². The Labute approximate surface area is 195 Å². The van der Waals surface area contributed by atoms with E-state index in [2.05, 4.69) is 39.8 Å². The van der Waals surface area contributed by atoms with Gasteiger partial charge in [0.25, 0.3) is 0 Å². The molecular formula is C28H27ClN2O. The molecule has 0 bridgehead atoms. The van der Waals surface area contributed by atoms with Gasteiger partial charge in [0, 0.05) is 30.2 Å². The molecule has 3 nitrogen and oxygen atoms in total. The molecule has 0 atom stereocenters. The van der Waals surface area contributed by atoms with Crippen molar-refractivity contribution >= 4 is 11.6 Å². The minimum Gasteiger partial charge on any atom is -0.457 e. The fourth-order valence-electron chi connectivity index (χ4n) is 4.46. The third-order valence-corrected chi connectivity index (χ3v) is 6.44. The number of fused-ring (bicyclic) bond motifs is 1. The minimum absolute atomic E-state index is 0.835. The zero-order valence-corrected chi connectivity index (χ0v) is 18.9. The highest BCUT2D eigenvalue weighted by atomic mass is 35.5. The SMILES string of the molecule is Clc1cc(C#CCN2CCCC2)cc2c1CN(Cc1ccc(Oc3ccccc3)cc1)C2. The summed E-state index contributed by atoms with van der Waals surface area (Å²) < 4.78 is 5.90. The molecule has 5 rings (SSSR count). The first-order valence-electron chi connectivity index (χ1n) is 11.3. The highest BCUT2D eigenvalue weighted by Gasteiger charge is 2.22. The van der Waals surface area contributed by atoms with Crippen LogP contribution in [0.25, 0.3) is 0 Å². The Morgan fingerprint density at radius 2 is 1.59 bits per heavy atom. The smallest absolute Gasteiger partial charge is 0.127 e. The van der Waals surface area contributed by atoms with Crippen LogP contribution in [0.5, 0.6) is 11.5 Å². The van der Waals surface area contributed by atoms with Crippen LogP contribution in [0.1, 0.15) is 35.1 Å². The molecule has 4 heteroatoms. The van der Waals surface area contributed by atoms with E-state index in [1.54, 1.807) is 0 Å². The lowest BCUT2D eigenvalue weighted by Gasteiger charge is -2.15. The zero-order chi connectivity index (χ0) is 21.8. The Bertz CT molecular complexity index is 1130. The van der Waals surface area contributed by atoms with Crippen LogP contribution in [0, 0.1) is 11.8 Å². The van der Waals surface area contributed by atoms with Crippen LogP contribution in [0.2, 0.25) is 5.02 Å². The maximum absolute atomic E-state index is 6.63. The number of hydrogen-bond acceptors (Lipinski definition) is 3. The highest BCUT2D eigenvalue weighted by molar-refractivity contribution is 6.31. The second-order valence-corrected chi connectivity index (χ2v) is 8.99. The van der Waals surface area contributed by atoms with Gasteiger partial charge in [-0.2, -0.15) is 0 Å². The lowest BCUT2D eigenvalue weighted by molar-refractivity contribution is 0.275. The summed E-state index contributed by atoms with van der Waals surface area (Å²) in [6.07, 6.45) is 2.59. The summed E-state index contributed by atoms with van der Waals surface area (Å²) in [6, 6.07) is 22.4. The van der Waals surface area contributed by atoms with Crippen molar-refractivity contribution in [3.05, 3.63) is 94.0 Å². The van der Waals surface area contributed by atoms with Gasteiger partial charge >= 0.3 is 0 Å². The first kappa shape index (κ1) is 21.1. The van der Waals surface area contributed by atoms with Crippen LogP contribution in [0.15, 0.2) is 66.7 Å². The van der Waals surface area contributed by atoms with Gasteiger partial charge in [0.2, 0.25) is 0 Å². The number of benzene rings is 3. The molecule has 0 radical (unpaired) electrons. The van der Waals surface area contributed by atoms with Gasteiger partial charge in [0.05, 0.1) is 6.54 Å². The molecule has 2 aliphatic heterocycles. The molecule has 1 fully saturated rings. The lowest BCUT2D eigenvalue weighted by Crippen LogP contribution is -2.18. The molecule has 2 aliphatic rings. The van der Waals surface area contributed by atoms with E-state index in [-0.39, 0.29) is 0 Å². The topological polar surface area (TPSA) is 15.7 Å². The number of hydrogen-bond donors (Lipinski definition) is 0. The van der Waals surface area contributed by atoms with Crippen LogP contribution < -0.4 is 4.74 Å². The van der Waals surface area contributed by atoms with Gasteiger partial charge in [-0.3, -0.25) is 9.80 Å². The van der Waals surface area contributed by atoms with E-state index in [1.165, 1.54) is 42.6 Å². The summed E-state index contributed by atoms with van der Waals surface area (Å²) in [5.74, 6) is 8.35. The number of ether oxygens (including phenoxy) is 1. The maximum Gasteiger partial charge on any atom is 0.127 e. The first-order chi connectivity index (χ1) is 15.7. The van der Waals surface area contributed by atoms with Crippen molar-refractivity contribution in [3.63, 3.8) is 0 Å². The van der Waals surface area contributed by atoms with Crippen molar-refractivity contribution in [2.45, 2.75) is 32.5 Å². The summed E-state index contributed by atoms with van der Waals surface area (Å²) in [7, 11) is 0. The van der Waals surface area contributed by atoms with Gasteiger partial charge in [-0.25, -0.2) is 0 Å². The normalized spacial score (nSPS) is 15.9. The monoisotopic (exact) mass is 442 g/mol. The number of likely N-dealkylation sites (tertiary alicyclic amines) is 1. The Balaban J connectivity index is 1.20. The fourth-order valence-corrected chi connectivity index (χ4v) is 4.75. The van der Waals surface area contributed by atoms with E-state index in [0.29, 0.717) is 0 Å². The second-order valence-electron chi connectivity index (χ2n) is 8.59. The standard InChI is InChI=1S/C28H27ClN2O/c29-28-18-23(7-6-16-30-14-4-5-15-30)17-24-20-31(21-27(24)28)19-22-10-12-26(13-11-22)32-25-8-2-1-3-9-25/h1-3,8-13,17-18H,4-5,14-16,19-21H2. The van der Waals surface area contributed by atoms with Gasteiger partial charge in [-0.05, 0) is 79.0 Å². The third kappa shape index (κ3) is 5.16. The van der Waals surface area contributed by atoms with Crippen LogP contribution in [0.4, 0.5) is 0 Å². The molecule has 3 aromatic carbocycles. The lowest BCUT2D eigenvalue weighted by atomic mass is 10.1. The summed E-state index contributed by atoms with van der Waals surface area (Å²) in [6.45, 7) is 5.86. The molecule has 0 aliphatic carbocycles. The quantitative estimate of drug-likeness (QED) is 0.444. The molecule has 1 saturated heterocycles. The van der Waals surface area contributed by atoms with Gasteiger partial charge in [-0.15, -0.1) is 0 Å². The number of rotatable bonds is 5. The van der Waals surface area contributed by atoms with E-state index in [0.717, 1.165) is 48.3 Å². The molecule has 2 heterocycles. The van der Waals surface area contributed by atoms with E-state index >= 15 is 0 Å². The first-order valence-corrected chi connectivity index (χ1v) is 11.7. The average Bonchev–Trinajstić information content (AvgIpc) is 3.46. The van der Waals surface area contributed by atoms with Crippen molar-refractivity contribution in [2.75, 3.05) is 19.6 Å². The van der Waals surface area contributed by atoms with Crippen molar-refractivity contribution in [3.8, 4) is 23.3 Å². The zero-order valence-electron chi connectivity index (χ0n) is 18.2. The van der Waals surface area contributed by atoms with Crippen LogP contribution in [0.3, 0.4) is 0 Å². The minimum atomic E-state index is 0.835. The van der Waals surface area contributed by atoms with Gasteiger partial charge < -0.3 is 4.74 Å². The Hall–Kier alpha value is -2.77. The van der Waals surface area contributed by atoms with Gasteiger partial charge in [0.1, 0.15) is 11.5 Å². The molecule has 3 aromatic rings. The molecule has 0 aromatic heterocycles. The fraction of sp³-hybridized carbons (Fsp3) is 0.286. The van der Waals surface area contributed by atoms with E-state index in [9.17, 15) is 0 Å². The van der Waals surface area contributed by atoms with Crippen molar-refractivity contribution in [1.82, 2.24) is 9.80 Å². The van der Waals surface area contributed by atoms with Crippen LogP contribution in [-0.4, -0.2) is 29.4 Å². The summed E-state index contributed by atoms with van der Waals surface area (Å²) in [5.41, 5.74) is 4.82. The number of nitrogens with zero attached hydrogens (tertiary/aromatic N) is 2. The molecule has 0 unspecified atom stereocenters. The summed E-state index contributed by atoms with van der Waals surface area (Å²) in [4.78, 5) is 4.84. The number of para-hydroxylation sites is 1. The summed E-state index contributed by atoms with van der Waals surface area (Å²) >= 11 is 6.63. The molecule has 0 saturated carbocycles. The largest absolute Gasteiger partial charge is 0.457 e. The Kier molecular flexibility index (Phi) is 6.46. The molecule has 32 heavy (non-hydrogen) atoms.